The largest absolute Gasteiger partial charge is 0.454 e. The monoisotopic (exact) mass is 379 g/mol. The molecule has 3 rings (SSSR count). The molecule has 25 heavy (non-hydrogen) atoms. The van der Waals surface area contributed by atoms with E-state index in [1.807, 2.05) is 0 Å². The number of aryl methyl sites for hydroxylation is 1. The molecule has 0 aliphatic heterocycles. The molecule has 0 N–H and O–H groups in total. The van der Waals surface area contributed by atoms with E-state index in [0.29, 0.717) is 14.8 Å². The predicted molar refractivity (Wildman–Crippen MR) is 90.6 cm³/mol. The van der Waals surface area contributed by atoms with Gasteiger partial charge in [-0.05, 0) is 43.3 Å². The van der Waals surface area contributed by atoms with Gasteiger partial charge in [0.25, 0.3) is 0 Å². The number of Topliss-reactive ketones (excluding diaryl/α,β-unsaturated/α-hetero) is 1. The van der Waals surface area contributed by atoms with Crippen LogP contribution in [0.4, 0.5) is 4.39 Å². The molecule has 0 atom stereocenters. The van der Waals surface area contributed by atoms with Crippen molar-refractivity contribution >= 4 is 34.7 Å². The van der Waals surface area contributed by atoms with Crippen molar-refractivity contribution in [3.05, 3.63) is 62.8 Å². The van der Waals surface area contributed by atoms with E-state index in [4.69, 9.17) is 20.9 Å². The Balaban J connectivity index is 1.77. The van der Waals surface area contributed by atoms with Gasteiger partial charge in [0.2, 0.25) is 5.78 Å². The lowest BCUT2D eigenvalue weighted by atomic mass is 10.1. The van der Waals surface area contributed by atoms with Crippen LogP contribution in [0.5, 0.6) is 0 Å². The molecule has 128 valence electrons. The Morgan fingerprint density at radius 1 is 1.24 bits per heavy atom. The smallest absolute Gasteiger partial charge is 0.344 e. The number of esters is 1. The number of carbonyl (C=O) groups excluding carboxylic acids is 2. The fraction of sp³-hybridized carbons (Fsp3) is 0.118. The summed E-state index contributed by atoms with van der Waals surface area (Å²) in [4.78, 5) is 24.8. The number of ether oxygens (including phenoxy) is 1. The standard InChI is InChI=1S/C17H11ClFNO4S/c1-9-15(16(20-24-9)10-2-4-11(19)5-3-10)17(22)23-8-12(21)13-6-7-14(18)25-13/h2-7H,8H2,1H3. The van der Waals surface area contributed by atoms with E-state index in [1.165, 1.54) is 24.3 Å². The topological polar surface area (TPSA) is 69.4 Å². The van der Waals surface area contributed by atoms with E-state index in [-0.39, 0.29) is 22.8 Å². The van der Waals surface area contributed by atoms with E-state index in [2.05, 4.69) is 5.16 Å². The van der Waals surface area contributed by atoms with Crippen LogP contribution >= 0.6 is 22.9 Å². The number of nitrogens with zero attached hydrogens (tertiary/aromatic N) is 1. The van der Waals surface area contributed by atoms with Gasteiger partial charge in [0, 0.05) is 5.56 Å². The number of benzene rings is 1. The number of aromatic nitrogens is 1. The second-order valence-corrected chi connectivity index (χ2v) is 6.79. The van der Waals surface area contributed by atoms with Crippen LogP contribution in [0.2, 0.25) is 4.34 Å². The van der Waals surface area contributed by atoms with Crippen LogP contribution in [0.3, 0.4) is 0 Å². The molecule has 0 bridgehead atoms. The van der Waals surface area contributed by atoms with Gasteiger partial charge in [-0.2, -0.15) is 0 Å². The molecule has 2 heterocycles. The first-order chi connectivity index (χ1) is 12.0. The molecule has 0 radical (unpaired) electrons. The molecule has 0 saturated carbocycles. The second-order valence-electron chi connectivity index (χ2n) is 5.07. The van der Waals surface area contributed by atoms with Crippen molar-refractivity contribution in [2.24, 2.45) is 0 Å². The van der Waals surface area contributed by atoms with Crippen molar-refractivity contribution in [3.63, 3.8) is 0 Å². The fourth-order valence-electron chi connectivity index (χ4n) is 2.16. The summed E-state index contributed by atoms with van der Waals surface area (Å²) in [6, 6.07) is 8.61. The van der Waals surface area contributed by atoms with Crippen LogP contribution in [0.25, 0.3) is 11.3 Å². The summed E-state index contributed by atoms with van der Waals surface area (Å²) in [5.74, 6) is -1.26. The highest BCUT2D eigenvalue weighted by Crippen LogP contribution is 2.26. The molecule has 0 fully saturated rings. The highest BCUT2D eigenvalue weighted by Gasteiger charge is 2.24. The number of carbonyl (C=O) groups is 2. The third-order valence-corrected chi connectivity index (χ3v) is 4.64. The lowest BCUT2D eigenvalue weighted by Gasteiger charge is -2.04. The fourth-order valence-corrected chi connectivity index (χ4v) is 3.12. The lowest BCUT2D eigenvalue weighted by Crippen LogP contribution is -2.14. The summed E-state index contributed by atoms with van der Waals surface area (Å²) in [5, 5.41) is 3.83. The van der Waals surface area contributed by atoms with Gasteiger partial charge >= 0.3 is 5.97 Å². The third kappa shape index (κ3) is 3.78. The van der Waals surface area contributed by atoms with Gasteiger partial charge in [-0.3, -0.25) is 4.79 Å². The van der Waals surface area contributed by atoms with Crippen molar-refractivity contribution in [1.82, 2.24) is 5.16 Å². The van der Waals surface area contributed by atoms with Crippen LogP contribution in [0, 0.1) is 12.7 Å². The molecule has 0 amide bonds. The van der Waals surface area contributed by atoms with Gasteiger partial charge in [-0.25, -0.2) is 9.18 Å². The molecule has 5 nitrogen and oxygen atoms in total. The number of rotatable bonds is 5. The van der Waals surface area contributed by atoms with E-state index in [0.717, 1.165) is 11.3 Å². The SMILES string of the molecule is Cc1onc(-c2ccc(F)cc2)c1C(=O)OCC(=O)c1ccc(Cl)s1. The summed E-state index contributed by atoms with van der Waals surface area (Å²) in [5.41, 5.74) is 0.833. The molecule has 1 aromatic carbocycles. The summed E-state index contributed by atoms with van der Waals surface area (Å²) < 4.78 is 23.7. The first-order valence-electron chi connectivity index (χ1n) is 7.13. The quantitative estimate of drug-likeness (QED) is 0.480. The summed E-state index contributed by atoms with van der Waals surface area (Å²) in [6.07, 6.45) is 0. The zero-order valence-electron chi connectivity index (χ0n) is 12.9. The van der Waals surface area contributed by atoms with E-state index in [1.54, 1.807) is 19.1 Å². The summed E-state index contributed by atoms with van der Waals surface area (Å²) in [7, 11) is 0. The Morgan fingerprint density at radius 3 is 2.60 bits per heavy atom. The number of halogens is 2. The van der Waals surface area contributed by atoms with Crippen molar-refractivity contribution in [3.8, 4) is 11.3 Å². The molecular weight excluding hydrogens is 369 g/mol. The van der Waals surface area contributed by atoms with Crippen LogP contribution in [0.15, 0.2) is 40.9 Å². The Labute approximate surface area is 151 Å². The Hall–Kier alpha value is -2.51. The predicted octanol–water partition coefficient (Wildman–Crippen LogP) is 4.54. The molecule has 0 saturated heterocycles. The van der Waals surface area contributed by atoms with Crippen LogP contribution in [0.1, 0.15) is 25.8 Å². The van der Waals surface area contributed by atoms with E-state index >= 15 is 0 Å². The van der Waals surface area contributed by atoms with Gasteiger partial charge in [0.1, 0.15) is 22.8 Å². The number of hydrogen-bond donors (Lipinski definition) is 0. The van der Waals surface area contributed by atoms with Gasteiger partial charge in [0.15, 0.2) is 6.61 Å². The minimum Gasteiger partial charge on any atom is -0.454 e. The van der Waals surface area contributed by atoms with Crippen LogP contribution in [-0.4, -0.2) is 23.5 Å². The van der Waals surface area contributed by atoms with Crippen LogP contribution in [-0.2, 0) is 4.74 Å². The highest BCUT2D eigenvalue weighted by atomic mass is 35.5. The highest BCUT2D eigenvalue weighted by molar-refractivity contribution is 7.18. The molecular formula is C17H11ClFNO4S. The molecule has 3 aromatic rings. The van der Waals surface area contributed by atoms with Gasteiger partial charge in [-0.15, -0.1) is 11.3 Å². The maximum Gasteiger partial charge on any atom is 0.344 e. The number of thiophene rings is 1. The molecule has 8 heteroatoms. The first-order valence-corrected chi connectivity index (χ1v) is 8.33. The molecule has 2 aromatic heterocycles. The minimum atomic E-state index is -0.742. The zero-order valence-corrected chi connectivity index (χ0v) is 14.5. The lowest BCUT2D eigenvalue weighted by molar-refractivity contribution is 0.0474. The third-order valence-electron chi connectivity index (χ3n) is 3.37. The second kappa shape index (κ2) is 7.16. The maximum atomic E-state index is 13.1. The average Bonchev–Trinajstić information content (AvgIpc) is 3.19. The Morgan fingerprint density at radius 2 is 1.96 bits per heavy atom. The first kappa shape index (κ1) is 17.3. The minimum absolute atomic E-state index is 0.101. The summed E-state index contributed by atoms with van der Waals surface area (Å²) >= 11 is 6.89. The van der Waals surface area contributed by atoms with Crippen molar-refractivity contribution in [1.29, 1.82) is 0 Å². The molecule has 0 spiro atoms. The molecule has 0 aliphatic carbocycles. The average molecular weight is 380 g/mol. The van der Waals surface area contributed by atoms with Gasteiger partial charge < -0.3 is 9.26 Å². The van der Waals surface area contributed by atoms with Crippen molar-refractivity contribution < 1.29 is 23.2 Å². The van der Waals surface area contributed by atoms with E-state index in [9.17, 15) is 14.0 Å². The van der Waals surface area contributed by atoms with Gasteiger partial charge in [-0.1, -0.05) is 16.8 Å². The van der Waals surface area contributed by atoms with Gasteiger partial charge in [0.05, 0.1) is 9.21 Å². The maximum absolute atomic E-state index is 13.1. The van der Waals surface area contributed by atoms with Crippen LogP contribution < -0.4 is 0 Å². The number of hydrogen-bond acceptors (Lipinski definition) is 6. The van der Waals surface area contributed by atoms with Crippen molar-refractivity contribution in [2.45, 2.75) is 6.92 Å². The van der Waals surface area contributed by atoms with Crippen molar-refractivity contribution in [2.75, 3.05) is 6.61 Å². The Kier molecular flexibility index (Phi) is 4.96. The zero-order chi connectivity index (χ0) is 18.0. The molecule has 0 aliphatic rings. The summed E-state index contributed by atoms with van der Waals surface area (Å²) in [6.45, 7) is 1.13. The molecule has 0 unspecified atom stereocenters. The van der Waals surface area contributed by atoms with E-state index < -0.39 is 18.4 Å². The Bertz CT molecular complexity index is 933. The number of ketones is 1. The normalized spacial score (nSPS) is 10.7.